The van der Waals surface area contributed by atoms with E-state index in [1.807, 2.05) is 18.6 Å². The summed E-state index contributed by atoms with van der Waals surface area (Å²) in [5.41, 5.74) is 21.4. The molecule has 0 N–H and O–H groups in total. The Hall–Kier alpha value is -5.94. The summed E-state index contributed by atoms with van der Waals surface area (Å²) in [6.45, 7) is 25.1. The summed E-state index contributed by atoms with van der Waals surface area (Å²) >= 11 is 0. The second kappa shape index (κ2) is 13.8. The van der Waals surface area contributed by atoms with E-state index in [-0.39, 0.29) is 23.0 Å². The minimum Gasteiger partial charge on any atom is -0.311 e. The number of anilines is 6. The lowest BCUT2D eigenvalue weighted by molar-refractivity contribution is 0.590. The van der Waals surface area contributed by atoms with Gasteiger partial charge < -0.3 is 9.80 Å². The van der Waals surface area contributed by atoms with Crippen LogP contribution in [0, 0.1) is 13.8 Å². The number of benzene rings is 5. The normalized spacial score (nSPS) is 13.6. The number of para-hydroxylation sites is 2. The van der Waals surface area contributed by atoms with Crippen molar-refractivity contribution in [3.63, 3.8) is 0 Å². The quantitative estimate of drug-likeness (QED) is 0.167. The van der Waals surface area contributed by atoms with Gasteiger partial charge in [0, 0.05) is 58.0 Å². The summed E-state index contributed by atoms with van der Waals surface area (Å²) in [4.78, 5) is 14.9. The van der Waals surface area contributed by atoms with Crippen molar-refractivity contribution in [3.05, 3.63) is 162 Å². The highest BCUT2D eigenvalue weighted by Crippen LogP contribution is 2.50. The van der Waals surface area contributed by atoms with E-state index in [0.717, 1.165) is 33.8 Å². The molecule has 2 aliphatic rings. The first kappa shape index (κ1) is 38.6. The molecule has 4 heterocycles. The zero-order chi connectivity index (χ0) is 41.6. The van der Waals surface area contributed by atoms with Gasteiger partial charge in [-0.2, -0.15) is 0 Å². The highest BCUT2D eigenvalue weighted by molar-refractivity contribution is 7.00. The van der Waals surface area contributed by atoms with Gasteiger partial charge in [0.25, 0.3) is 6.71 Å². The molecular formula is C54H55BN4. The van der Waals surface area contributed by atoms with Gasteiger partial charge >= 0.3 is 0 Å². The van der Waals surface area contributed by atoms with Crippen LogP contribution in [0.15, 0.2) is 134 Å². The summed E-state index contributed by atoms with van der Waals surface area (Å²) in [5, 5.41) is 0. The maximum atomic E-state index is 5.03. The lowest BCUT2D eigenvalue weighted by Crippen LogP contribution is -2.61. The second-order valence-electron chi connectivity index (χ2n) is 19.8. The molecule has 0 unspecified atom stereocenters. The predicted molar refractivity (Wildman–Crippen MR) is 252 cm³/mol. The third-order valence-electron chi connectivity index (χ3n) is 12.3. The number of rotatable bonds is 4. The summed E-state index contributed by atoms with van der Waals surface area (Å²) < 4.78 is 0. The van der Waals surface area contributed by atoms with Crippen LogP contribution in [0.5, 0.6) is 0 Å². The van der Waals surface area contributed by atoms with E-state index >= 15 is 0 Å². The number of hydrogen-bond acceptors (Lipinski definition) is 4. The van der Waals surface area contributed by atoms with Crippen molar-refractivity contribution in [2.75, 3.05) is 9.80 Å². The zero-order valence-electron chi connectivity index (χ0n) is 36.6. The SMILES string of the molecule is Cc1cncc(-c2cc(C(C)(C)C)ccc2N2c3ccccc3B3c4ccccc4N(c4ccc(C(C)(C)C)cc4-c4cc(C)ccn4)c4cc(C(C)(C)C)cc2c43)c1. The molecule has 0 aliphatic carbocycles. The number of fused-ring (bicyclic) bond motifs is 4. The van der Waals surface area contributed by atoms with Crippen LogP contribution >= 0.6 is 0 Å². The molecule has 9 rings (SSSR count). The summed E-state index contributed by atoms with van der Waals surface area (Å²) in [5.74, 6) is 0. The lowest BCUT2D eigenvalue weighted by Gasteiger charge is -2.45. The molecule has 0 radical (unpaired) electrons. The van der Waals surface area contributed by atoms with Gasteiger partial charge in [-0.05, 0) is 141 Å². The Labute approximate surface area is 352 Å². The van der Waals surface area contributed by atoms with Crippen LogP contribution in [0.2, 0.25) is 0 Å². The lowest BCUT2D eigenvalue weighted by atomic mass is 9.33. The summed E-state index contributed by atoms with van der Waals surface area (Å²) in [6, 6.07) is 43.8. The van der Waals surface area contributed by atoms with E-state index in [0.29, 0.717) is 0 Å². The van der Waals surface area contributed by atoms with Gasteiger partial charge in [-0.15, -0.1) is 0 Å². The van der Waals surface area contributed by atoms with Gasteiger partial charge in [-0.1, -0.05) is 111 Å². The highest BCUT2D eigenvalue weighted by Gasteiger charge is 2.44. The van der Waals surface area contributed by atoms with Gasteiger partial charge in [-0.3, -0.25) is 9.97 Å². The molecule has 2 aliphatic heterocycles. The highest BCUT2D eigenvalue weighted by atomic mass is 15.2. The van der Waals surface area contributed by atoms with Crippen molar-refractivity contribution >= 4 is 57.2 Å². The number of aryl methyl sites for hydroxylation is 2. The fourth-order valence-electron chi connectivity index (χ4n) is 9.07. The Morgan fingerprint density at radius 2 is 0.983 bits per heavy atom. The molecule has 7 aromatic rings. The van der Waals surface area contributed by atoms with Crippen molar-refractivity contribution in [2.24, 2.45) is 0 Å². The monoisotopic (exact) mass is 770 g/mol. The zero-order valence-corrected chi connectivity index (χ0v) is 36.6. The van der Waals surface area contributed by atoms with Crippen LogP contribution in [0.1, 0.15) is 90.1 Å². The molecule has 2 aromatic heterocycles. The molecule has 294 valence electrons. The topological polar surface area (TPSA) is 32.3 Å². The van der Waals surface area contributed by atoms with Crippen LogP contribution in [-0.2, 0) is 16.2 Å². The molecule has 0 spiro atoms. The Morgan fingerprint density at radius 1 is 0.458 bits per heavy atom. The average Bonchev–Trinajstić information content (AvgIpc) is 3.19. The van der Waals surface area contributed by atoms with E-state index in [1.54, 1.807) is 0 Å². The number of aromatic nitrogens is 2. The van der Waals surface area contributed by atoms with Crippen molar-refractivity contribution in [2.45, 2.75) is 92.4 Å². The van der Waals surface area contributed by atoms with Crippen molar-refractivity contribution in [1.29, 1.82) is 0 Å². The maximum Gasteiger partial charge on any atom is 0.252 e. The van der Waals surface area contributed by atoms with Gasteiger partial charge in [-0.25, -0.2) is 0 Å². The minimum atomic E-state index is -0.136. The van der Waals surface area contributed by atoms with Crippen LogP contribution in [0.4, 0.5) is 34.1 Å². The third-order valence-corrected chi connectivity index (χ3v) is 12.3. The van der Waals surface area contributed by atoms with Gasteiger partial charge in [0.15, 0.2) is 0 Å². The first-order valence-corrected chi connectivity index (χ1v) is 21.1. The average molecular weight is 771 g/mol. The molecule has 5 heteroatoms. The van der Waals surface area contributed by atoms with Gasteiger partial charge in [0.1, 0.15) is 0 Å². The predicted octanol–water partition coefficient (Wildman–Crippen LogP) is 12.4. The standard InChI is InChI=1S/C54H55BN4/c1-34-24-25-57-44(27-34)41-29-38(53(6,7)8)21-23-46(41)59-48-19-15-13-17-43(48)55-42-16-12-14-18-47(42)58(49-30-39(54(9,10)11)31-50(59)51(49)55)45-22-20-37(52(3,4)5)28-40(45)36-26-35(2)32-56-33-36/h12-33H,1-11H3. The Morgan fingerprint density at radius 3 is 1.51 bits per heavy atom. The van der Waals surface area contributed by atoms with Crippen LogP contribution in [0.3, 0.4) is 0 Å². The maximum absolute atomic E-state index is 5.03. The Kier molecular flexibility index (Phi) is 9.05. The van der Waals surface area contributed by atoms with E-state index < -0.39 is 0 Å². The molecule has 0 bridgehead atoms. The first-order valence-electron chi connectivity index (χ1n) is 21.1. The molecule has 5 aromatic carbocycles. The molecule has 0 atom stereocenters. The van der Waals surface area contributed by atoms with E-state index in [4.69, 9.17) is 9.97 Å². The largest absolute Gasteiger partial charge is 0.311 e. The molecule has 4 nitrogen and oxygen atoms in total. The summed E-state index contributed by atoms with van der Waals surface area (Å²) in [7, 11) is 0. The van der Waals surface area contributed by atoms with Crippen LogP contribution < -0.4 is 26.2 Å². The molecule has 0 fully saturated rings. The van der Waals surface area contributed by atoms with Crippen LogP contribution in [0.25, 0.3) is 22.4 Å². The van der Waals surface area contributed by atoms with Crippen molar-refractivity contribution in [1.82, 2.24) is 9.97 Å². The van der Waals surface area contributed by atoms with Crippen molar-refractivity contribution in [3.8, 4) is 22.4 Å². The minimum absolute atomic E-state index is 0.0289. The Bertz CT molecular complexity index is 2600. The third kappa shape index (κ3) is 6.65. The number of hydrogen-bond donors (Lipinski definition) is 0. The fourth-order valence-corrected chi connectivity index (χ4v) is 9.07. The molecule has 59 heavy (non-hydrogen) atoms. The molecule has 0 saturated heterocycles. The molecular weight excluding hydrogens is 715 g/mol. The molecule has 0 saturated carbocycles. The second-order valence-corrected chi connectivity index (χ2v) is 19.8. The van der Waals surface area contributed by atoms with E-state index in [2.05, 4.69) is 201 Å². The number of pyridine rings is 2. The fraction of sp³-hybridized carbons (Fsp3) is 0.259. The van der Waals surface area contributed by atoms with Gasteiger partial charge in [0.05, 0.1) is 17.1 Å². The van der Waals surface area contributed by atoms with Crippen LogP contribution in [-0.4, -0.2) is 16.7 Å². The summed E-state index contributed by atoms with van der Waals surface area (Å²) in [6.07, 6.45) is 5.92. The van der Waals surface area contributed by atoms with E-state index in [1.165, 1.54) is 67.0 Å². The van der Waals surface area contributed by atoms with Crippen molar-refractivity contribution < 1.29 is 0 Å². The molecule has 0 amide bonds. The smallest absolute Gasteiger partial charge is 0.252 e. The van der Waals surface area contributed by atoms with E-state index in [9.17, 15) is 0 Å². The number of nitrogens with zero attached hydrogens (tertiary/aromatic N) is 4. The first-order chi connectivity index (χ1) is 28.0. The Balaban J connectivity index is 1.40. The van der Waals surface area contributed by atoms with Gasteiger partial charge in [0.2, 0.25) is 0 Å².